The minimum atomic E-state index is -1.15. The molecule has 356 valence electrons. The summed E-state index contributed by atoms with van der Waals surface area (Å²) in [4.78, 5) is 85.2. The lowest BCUT2D eigenvalue weighted by Crippen LogP contribution is -2.42. The number of carbonyl (C=O) groups excluding carboxylic acids is 6. The van der Waals surface area contributed by atoms with Gasteiger partial charge in [0.15, 0.2) is 0 Å². The van der Waals surface area contributed by atoms with Crippen LogP contribution in [0.1, 0.15) is 50.2 Å². The van der Waals surface area contributed by atoms with E-state index in [9.17, 15) is 46.3 Å². The Hall–Kier alpha value is -7.10. The summed E-state index contributed by atoms with van der Waals surface area (Å²) in [5.41, 5.74) is 2.11. The normalized spacial score (nSPS) is 19.8. The van der Waals surface area contributed by atoms with Crippen molar-refractivity contribution in [1.82, 2.24) is 31.1 Å². The zero-order valence-electron chi connectivity index (χ0n) is 37.4. The Morgan fingerprint density at radius 1 is 0.471 bits per heavy atom. The fourth-order valence-corrected chi connectivity index (χ4v) is 8.93. The van der Waals surface area contributed by atoms with Crippen LogP contribution in [0.25, 0.3) is 0 Å². The van der Waals surface area contributed by atoms with E-state index < -0.39 is 82.7 Å². The van der Waals surface area contributed by atoms with Crippen LogP contribution in [0.2, 0.25) is 0 Å². The van der Waals surface area contributed by atoms with E-state index >= 15 is 0 Å². The van der Waals surface area contributed by atoms with Gasteiger partial charge in [-0.3, -0.25) is 28.8 Å². The van der Waals surface area contributed by atoms with Crippen LogP contribution in [0.15, 0.2) is 121 Å². The Labute approximate surface area is 392 Å². The quantitative estimate of drug-likeness (QED) is 0.0995. The number of halogens is 4. The molecule has 68 heavy (non-hydrogen) atoms. The third-order valence-electron chi connectivity index (χ3n) is 12.8. The summed E-state index contributed by atoms with van der Waals surface area (Å²) in [6, 6.07) is 24.3. The van der Waals surface area contributed by atoms with Crippen molar-refractivity contribution < 1.29 is 46.3 Å². The molecule has 1 aliphatic carbocycles. The first kappa shape index (κ1) is 48.8. The highest BCUT2D eigenvalue weighted by Crippen LogP contribution is 2.29. The molecule has 5 atom stereocenters. The number of likely N-dealkylation sites (tertiary alicyclic amines) is 2. The van der Waals surface area contributed by atoms with Gasteiger partial charge in [-0.25, -0.2) is 17.6 Å². The van der Waals surface area contributed by atoms with Crippen LogP contribution in [-0.2, 0) is 38.4 Å². The molecule has 6 amide bonds. The van der Waals surface area contributed by atoms with Crippen molar-refractivity contribution in [2.75, 3.05) is 52.4 Å². The number of carbonyl (C=O) groups is 6. The average Bonchev–Trinajstić information content (AvgIpc) is 4.00. The maximum atomic E-state index is 14.4. The number of hydrogen-bond donors (Lipinski definition) is 4. The molecular weight excluding hydrogens is 881 g/mol. The van der Waals surface area contributed by atoms with Gasteiger partial charge in [0.2, 0.25) is 23.6 Å². The summed E-state index contributed by atoms with van der Waals surface area (Å²) >= 11 is 0. The molecule has 2 fully saturated rings. The summed E-state index contributed by atoms with van der Waals surface area (Å²) in [5, 5.41) is 11.2. The van der Waals surface area contributed by atoms with Crippen LogP contribution < -0.4 is 21.3 Å². The zero-order chi connectivity index (χ0) is 48.2. The molecule has 0 bridgehead atoms. The topological polar surface area (TPSA) is 157 Å². The number of hydrogen-bond acceptors (Lipinski definition) is 6. The molecule has 2 heterocycles. The highest BCUT2D eigenvalue weighted by Gasteiger charge is 2.45. The number of nitrogens with one attached hydrogen (secondary N) is 4. The van der Waals surface area contributed by atoms with Gasteiger partial charge in [0, 0.05) is 69.9 Å². The van der Waals surface area contributed by atoms with E-state index in [1.165, 1.54) is 52.3 Å². The standard InChI is InChI=1S/C52H54F4N6O6/c53-43-13-5-1-9-33(43)21-25-57-47(63)39-29-61(30-40(39)48(64)58-26-22-34-10-2-6-14-44(34)54)51(67)37-17-19-38(20-18-37)52(68)62-31-41(49(65)59-27-23-35-11-3-7-15-45(35)55)42(32-62)50(66)60-28-24-36-12-4-8-16-46(36)56/h1-15,17-20,39-42,46H,16,21-32H2,(H,57,63)(H,58,64)(H,59,65)(H,60,66)/t39-,40-,41-,42-,46?/m0/s1. The third kappa shape index (κ3) is 12.3. The minimum absolute atomic E-state index is 0.0853. The van der Waals surface area contributed by atoms with Gasteiger partial charge in [0.05, 0.1) is 23.7 Å². The summed E-state index contributed by atoms with van der Waals surface area (Å²) in [7, 11) is 0. The first-order valence-corrected chi connectivity index (χ1v) is 22.9. The van der Waals surface area contributed by atoms with Crippen LogP contribution in [0.4, 0.5) is 17.6 Å². The predicted molar refractivity (Wildman–Crippen MR) is 246 cm³/mol. The van der Waals surface area contributed by atoms with E-state index in [0.717, 1.165) is 0 Å². The summed E-state index contributed by atoms with van der Waals surface area (Å²) in [6.45, 7) is -0.0431. The smallest absolute Gasteiger partial charge is 0.253 e. The Bertz CT molecular complexity index is 2480. The molecule has 4 aromatic rings. The van der Waals surface area contributed by atoms with Crippen molar-refractivity contribution in [3.8, 4) is 0 Å². The van der Waals surface area contributed by atoms with Gasteiger partial charge in [0.25, 0.3) is 11.8 Å². The highest BCUT2D eigenvalue weighted by atomic mass is 19.1. The summed E-state index contributed by atoms with van der Waals surface area (Å²) in [6.07, 6.45) is 5.14. The lowest BCUT2D eigenvalue weighted by atomic mass is 9.94. The fourth-order valence-electron chi connectivity index (χ4n) is 8.93. The first-order chi connectivity index (χ1) is 32.9. The van der Waals surface area contributed by atoms with Gasteiger partial charge in [-0.15, -0.1) is 0 Å². The van der Waals surface area contributed by atoms with Gasteiger partial charge in [0.1, 0.15) is 23.6 Å². The predicted octanol–water partition coefficient (Wildman–Crippen LogP) is 5.29. The van der Waals surface area contributed by atoms with Gasteiger partial charge in [-0.05, 0) is 90.4 Å². The van der Waals surface area contributed by atoms with Crippen molar-refractivity contribution in [3.63, 3.8) is 0 Å². The molecule has 0 spiro atoms. The lowest BCUT2D eigenvalue weighted by molar-refractivity contribution is -0.132. The minimum Gasteiger partial charge on any atom is -0.355 e. The molecule has 1 unspecified atom stereocenters. The van der Waals surface area contributed by atoms with Crippen molar-refractivity contribution in [3.05, 3.63) is 166 Å². The second-order valence-electron chi connectivity index (χ2n) is 17.2. The van der Waals surface area contributed by atoms with Crippen LogP contribution in [0.3, 0.4) is 0 Å². The molecule has 0 radical (unpaired) electrons. The Balaban J connectivity index is 1.000. The van der Waals surface area contributed by atoms with E-state index in [1.54, 1.807) is 72.8 Å². The van der Waals surface area contributed by atoms with Gasteiger partial charge >= 0.3 is 0 Å². The first-order valence-electron chi connectivity index (χ1n) is 22.9. The summed E-state index contributed by atoms with van der Waals surface area (Å²) < 4.78 is 57.2. The molecule has 4 aromatic carbocycles. The van der Waals surface area contributed by atoms with E-state index in [-0.39, 0.29) is 95.6 Å². The maximum absolute atomic E-state index is 14.4. The second-order valence-corrected chi connectivity index (χ2v) is 17.2. The number of alkyl halides is 1. The molecule has 0 saturated carbocycles. The molecule has 2 aliphatic heterocycles. The lowest BCUT2D eigenvalue weighted by Gasteiger charge is -2.19. The van der Waals surface area contributed by atoms with Crippen molar-refractivity contribution in [2.24, 2.45) is 23.7 Å². The Morgan fingerprint density at radius 2 is 0.794 bits per heavy atom. The summed E-state index contributed by atoms with van der Waals surface area (Å²) in [5.74, 6) is -7.99. The molecule has 7 rings (SSSR count). The van der Waals surface area contributed by atoms with Crippen LogP contribution in [0, 0.1) is 41.1 Å². The van der Waals surface area contributed by atoms with Crippen LogP contribution >= 0.6 is 0 Å². The SMILES string of the molecule is O=C(NCCC1=CC=CCC1F)[C@H]1CN(C(=O)c2ccc(C(=O)N3C[C@H](C(=O)NCCc4ccccc4F)[C@@H](C(=O)NCCc4ccccc4F)C3)cc2)C[C@@H]1C(=O)NCCc1ccccc1F. The number of benzene rings is 4. The second kappa shape index (κ2) is 23.1. The third-order valence-corrected chi connectivity index (χ3v) is 12.8. The molecular formula is C52H54F4N6O6. The monoisotopic (exact) mass is 934 g/mol. The van der Waals surface area contributed by atoms with Crippen LogP contribution in [0.5, 0.6) is 0 Å². The van der Waals surface area contributed by atoms with Crippen LogP contribution in [-0.4, -0.2) is 104 Å². The van der Waals surface area contributed by atoms with E-state index in [1.807, 2.05) is 0 Å². The highest BCUT2D eigenvalue weighted by molar-refractivity contribution is 6.00. The molecule has 3 aliphatic rings. The molecule has 0 aromatic heterocycles. The number of nitrogens with zero attached hydrogens (tertiary/aromatic N) is 2. The van der Waals surface area contributed by atoms with E-state index in [0.29, 0.717) is 22.3 Å². The molecule has 12 nitrogen and oxygen atoms in total. The Morgan fingerprint density at radius 3 is 1.12 bits per heavy atom. The fraction of sp³-hybridized carbons (Fsp3) is 0.346. The van der Waals surface area contributed by atoms with E-state index in [4.69, 9.17) is 0 Å². The van der Waals surface area contributed by atoms with E-state index in [2.05, 4.69) is 21.3 Å². The van der Waals surface area contributed by atoms with Crippen molar-refractivity contribution in [2.45, 2.75) is 38.3 Å². The largest absolute Gasteiger partial charge is 0.355 e. The van der Waals surface area contributed by atoms with Crippen molar-refractivity contribution >= 4 is 35.4 Å². The van der Waals surface area contributed by atoms with Gasteiger partial charge < -0.3 is 31.1 Å². The molecule has 16 heteroatoms. The zero-order valence-corrected chi connectivity index (χ0v) is 37.4. The number of rotatable bonds is 18. The van der Waals surface area contributed by atoms with Crippen molar-refractivity contribution in [1.29, 1.82) is 0 Å². The molecule has 4 N–H and O–H groups in total. The van der Waals surface area contributed by atoms with Gasteiger partial charge in [-0.1, -0.05) is 72.8 Å². The Kier molecular flexibility index (Phi) is 16.6. The van der Waals surface area contributed by atoms with Gasteiger partial charge in [-0.2, -0.15) is 0 Å². The number of amides is 6. The average molecular weight is 935 g/mol. The maximum Gasteiger partial charge on any atom is 0.253 e. The molecule has 2 saturated heterocycles. The number of allylic oxidation sites excluding steroid dienone is 3.